The Morgan fingerprint density at radius 2 is 1.60 bits per heavy atom. The van der Waals surface area contributed by atoms with Crippen LogP contribution < -0.4 is 9.80 Å². The van der Waals surface area contributed by atoms with Gasteiger partial charge in [0.05, 0.1) is 36.9 Å². The molecule has 7 heteroatoms. The molecule has 1 N–H and O–H groups in total. The molecule has 0 bridgehead atoms. The van der Waals surface area contributed by atoms with Crippen molar-refractivity contribution in [2.75, 3.05) is 63.8 Å². The summed E-state index contributed by atoms with van der Waals surface area (Å²) in [7, 11) is 0. The van der Waals surface area contributed by atoms with Gasteiger partial charge in [0.15, 0.2) is 6.54 Å². The molecule has 136 valence electrons. The second kappa shape index (κ2) is 8.06. The summed E-state index contributed by atoms with van der Waals surface area (Å²) in [4.78, 5) is 31.2. The Kier molecular flexibility index (Phi) is 5.81. The highest BCUT2D eigenvalue weighted by atomic mass is 35.5. The maximum Gasteiger partial charge on any atom is 0.277 e. The number of carbonyl (C=O) groups excluding carboxylic acids is 2. The van der Waals surface area contributed by atoms with Gasteiger partial charge in [0.25, 0.3) is 5.91 Å². The van der Waals surface area contributed by atoms with Crippen LogP contribution in [0.15, 0.2) is 24.3 Å². The quantitative estimate of drug-likeness (QED) is 0.802. The van der Waals surface area contributed by atoms with Gasteiger partial charge in [-0.1, -0.05) is 23.7 Å². The minimum Gasteiger partial charge on any atom is -0.359 e. The summed E-state index contributed by atoms with van der Waals surface area (Å²) in [6.45, 7) is 8.41. The summed E-state index contributed by atoms with van der Waals surface area (Å²) in [5.41, 5.74) is 1.08. The van der Waals surface area contributed by atoms with Gasteiger partial charge in [-0.15, -0.1) is 0 Å². The molecule has 2 heterocycles. The van der Waals surface area contributed by atoms with E-state index in [0.717, 1.165) is 36.9 Å². The first kappa shape index (κ1) is 18.0. The smallest absolute Gasteiger partial charge is 0.277 e. The Bertz CT molecular complexity index is 623. The highest BCUT2D eigenvalue weighted by molar-refractivity contribution is 6.33. The zero-order valence-electron chi connectivity index (χ0n) is 14.7. The van der Waals surface area contributed by atoms with Crippen molar-refractivity contribution >= 4 is 29.1 Å². The van der Waals surface area contributed by atoms with E-state index in [1.807, 2.05) is 29.2 Å². The first-order valence-electron chi connectivity index (χ1n) is 8.91. The van der Waals surface area contributed by atoms with Crippen LogP contribution in [0.2, 0.25) is 5.02 Å². The summed E-state index contributed by atoms with van der Waals surface area (Å²) in [6.07, 6.45) is 0. The molecule has 2 aliphatic heterocycles. The number of rotatable bonds is 3. The van der Waals surface area contributed by atoms with Crippen LogP contribution in [0.1, 0.15) is 6.92 Å². The molecule has 0 saturated carbocycles. The first-order valence-corrected chi connectivity index (χ1v) is 9.28. The van der Waals surface area contributed by atoms with Crippen LogP contribution in [-0.2, 0) is 9.59 Å². The minimum atomic E-state index is 0.0911. The van der Waals surface area contributed by atoms with Gasteiger partial charge in [0.2, 0.25) is 5.91 Å². The lowest BCUT2D eigenvalue weighted by Gasteiger charge is -2.37. The molecule has 0 unspecified atom stereocenters. The highest BCUT2D eigenvalue weighted by Crippen LogP contribution is 2.24. The molecule has 1 aromatic carbocycles. The molecule has 2 amide bonds. The van der Waals surface area contributed by atoms with E-state index in [0.29, 0.717) is 32.7 Å². The third kappa shape index (κ3) is 4.44. The van der Waals surface area contributed by atoms with Crippen molar-refractivity contribution in [2.24, 2.45) is 0 Å². The normalized spacial score (nSPS) is 19.2. The zero-order chi connectivity index (χ0) is 17.8. The van der Waals surface area contributed by atoms with Crippen molar-refractivity contribution in [1.29, 1.82) is 0 Å². The summed E-state index contributed by atoms with van der Waals surface area (Å²) >= 11 is 6.28. The van der Waals surface area contributed by atoms with Gasteiger partial charge in [0.1, 0.15) is 0 Å². The molecule has 0 atom stereocenters. The van der Waals surface area contributed by atoms with Crippen LogP contribution in [0.5, 0.6) is 0 Å². The number of amides is 2. The average Bonchev–Trinajstić information content (AvgIpc) is 2.63. The SMILES string of the molecule is CC(=O)N1CCN(C(=O)C[NH+]2CCN(c3ccccc3Cl)CC2)CC1. The van der Waals surface area contributed by atoms with Gasteiger partial charge >= 0.3 is 0 Å². The van der Waals surface area contributed by atoms with Crippen molar-refractivity contribution in [1.82, 2.24) is 9.80 Å². The van der Waals surface area contributed by atoms with Gasteiger partial charge in [-0.3, -0.25) is 9.59 Å². The van der Waals surface area contributed by atoms with Crippen LogP contribution in [0.25, 0.3) is 0 Å². The number of carbonyl (C=O) groups is 2. The average molecular weight is 366 g/mol. The Morgan fingerprint density at radius 3 is 2.20 bits per heavy atom. The number of hydrogen-bond donors (Lipinski definition) is 1. The van der Waals surface area contributed by atoms with Crippen LogP contribution in [0, 0.1) is 0 Å². The lowest BCUT2D eigenvalue weighted by atomic mass is 10.2. The fraction of sp³-hybridized carbons (Fsp3) is 0.556. The van der Waals surface area contributed by atoms with Crippen molar-refractivity contribution < 1.29 is 14.5 Å². The third-order valence-corrected chi connectivity index (χ3v) is 5.46. The number of benzene rings is 1. The molecule has 0 aromatic heterocycles. The monoisotopic (exact) mass is 365 g/mol. The Morgan fingerprint density at radius 1 is 1.00 bits per heavy atom. The van der Waals surface area contributed by atoms with E-state index >= 15 is 0 Å². The van der Waals surface area contributed by atoms with Gasteiger partial charge < -0.3 is 19.6 Å². The number of hydrogen-bond acceptors (Lipinski definition) is 3. The summed E-state index contributed by atoms with van der Waals surface area (Å²) in [5, 5.41) is 0.783. The number of piperazine rings is 2. The molecule has 1 aromatic rings. The molecule has 25 heavy (non-hydrogen) atoms. The second-order valence-corrected chi connectivity index (χ2v) is 7.16. The summed E-state index contributed by atoms with van der Waals surface area (Å²) in [6, 6.07) is 7.91. The first-order chi connectivity index (χ1) is 12.0. The molecule has 0 radical (unpaired) electrons. The topological polar surface area (TPSA) is 48.3 Å². The van der Waals surface area contributed by atoms with Gasteiger partial charge in [-0.2, -0.15) is 0 Å². The second-order valence-electron chi connectivity index (χ2n) is 6.75. The largest absolute Gasteiger partial charge is 0.359 e. The molecule has 2 saturated heterocycles. The summed E-state index contributed by atoms with van der Waals surface area (Å²) < 4.78 is 0. The van der Waals surface area contributed by atoms with E-state index in [2.05, 4.69) is 4.90 Å². The maximum absolute atomic E-state index is 12.5. The number of para-hydroxylation sites is 1. The predicted molar refractivity (Wildman–Crippen MR) is 98.1 cm³/mol. The molecule has 2 aliphatic rings. The van der Waals surface area contributed by atoms with Crippen molar-refractivity contribution in [2.45, 2.75) is 6.92 Å². The maximum atomic E-state index is 12.5. The lowest BCUT2D eigenvalue weighted by Crippen LogP contribution is -3.16. The third-order valence-electron chi connectivity index (χ3n) is 5.14. The fourth-order valence-corrected chi connectivity index (χ4v) is 3.80. The van der Waals surface area contributed by atoms with E-state index in [9.17, 15) is 9.59 Å². The minimum absolute atomic E-state index is 0.0911. The van der Waals surface area contributed by atoms with Gasteiger partial charge in [-0.25, -0.2) is 0 Å². The molecule has 3 rings (SSSR count). The van der Waals surface area contributed by atoms with E-state index in [4.69, 9.17) is 11.6 Å². The van der Waals surface area contributed by atoms with Gasteiger partial charge in [-0.05, 0) is 12.1 Å². The van der Waals surface area contributed by atoms with Crippen LogP contribution in [0.4, 0.5) is 5.69 Å². The Labute approximate surface area is 153 Å². The number of halogens is 1. The standard InChI is InChI=1S/C18H25ClN4O2/c1-15(24)21-10-12-23(13-11-21)18(25)14-20-6-8-22(9-7-20)17-5-3-2-4-16(17)19/h2-5H,6-14H2,1H3/p+1. The van der Waals surface area contributed by atoms with Crippen molar-refractivity contribution in [3.8, 4) is 0 Å². The highest BCUT2D eigenvalue weighted by Gasteiger charge is 2.27. The molecule has 6 nitrogen and oxygen atoms in total. The predicted octanol–water partition coefficient (Wildman–Crippen LogP) is -0.264. The number of anilines is 1. The van der Waals surface area contributed by atoms with Crippen LogP contribution >= 0.6 is 11.6 Å². The Hall–Kier alpha value is -1.79. The van der Waals surface area contributed by atoms with E-state index in [1.54, 1.807) is 11.8 Å². The lowest BCUT2D eigenvalue weighted by molar-refractivity contribution is -0.892. The molecule has 2 fully saturated rings. The van der Waals surface area contributed by atoms with E-state index in [-0.39, 0.29) is 11.8 Å². The number of nitrogens with zero attached hydrogens (tertiary/aromatic N) is 3. The van der Waals surface area contributed by atoms with Crippen LogP contribution in [0.3, 0.4) is 0 Å². The van der Waals surface area contributed by atoms with Crippen molar-refractivity contribution in [3.05, 3.63) is 29.3 Å². The summed E-state index contributed by atoms with van der Waals surface area (Å²) in [5.74, 6) is 0.290. The zero-order valence-corrected chi connectivity index (χ0v) is 15.5. The van der Waals surface area contributed by atoms with Crippen molar-refractivity contribution in [3.63, 3.8) is 0 Å². The molecule has 0 aliphatic carbocycles. The van der Waals surface area contributed by atoms with E-state index < -0.39 is 0 Å². The fourth-order valence-electron chi connectivity index (χ4n) is 3.55. The number of quaternary nitrogens is 1. The Balaban J connectivity index is 1.45. The number of nitrogens with one attached hydrogen (secondary N) is 1. The molecular formula is C18H26ClN4O2+. The molecule has 0 spiro atoms. The van der Waals surface area contributed by atoms with Crippen LogP contribution in [-0.4, -0.2) is 80.5 Å². The molecular weight excluding hydrogens is 340 g/mol. The van der Waals surface area contributed by atoms with Gasteiger partial charge in [0, 0.05) is 33.1 Å². The van der Waals surface area contributed by atoms with E-state index in [1.165, 1.54) is 4.90 Å².